The number of fused-ring (bicyclic) bond motifs is 5. The van der Waals surface area contributed by atoms with Gasteiger partial charge in [-0.2, -0.15) is 0 Å². The Morgan fingerprint density at radius 2 is 1.28 bits per heavy atom. The number of benzene rings is 4. The standard InChI is InChI=1S/C42H44BN3/c1-27-25-38-39-40(44-27)46(35-18-12-14-28-13-8-9-15-32(28)35)36-17-11-10-16-33(36)43(39)34-26-30(42(5,6)7)21-24-37(34)45(38)31-22-19-29(20-23-31)41(2,3)4/h10-12,14,16-26H,8-9,13,15H2,1-7H3. The summed E-state index contributed by atoms with van der Waals surface area (Å²) in [4.78, 5) is 10.4. The molecule has 4 aromatic carbocycles. The van der Waals surface area contributed by atoms with Gasteiger partial charge in [-0.05, 0) is 118 Å². The maximum Gasteiger partial charge on any atom is 0.254 e. The van der Waals surface area contributed by atoms with Crippen LogP contribution in [-0.2, 0) is 23.7 Å². The van der Waals surface area contributed by atoms with E-state index in [0.29, 0.717) is 0 Å². The molecule has 0 unspecified atom stereocenters. The largest absolute Gasteiger partial charge is 0.311 e. The van der Waals surface area contributed by atoms with Crippen LogP contribution in [0.5, 0.6) is 0 Å². The molecule has 1 aromatic heterocycles. The molecular formula is C42H44BN3. The van der Waals surface area contributed by atoms with Crippen molar-refractivity contribution >= 4 is 57.4 Å². The Labute approximate surface area is 275 Å². The second-order valence-corrected chi connectivity index (χ2v) is 15.6. The number of aryl methyl sites for hydroxylation is 2. The first-order chi connectivity index (χ1) is 22.0. The lowest BCUT2D eigenvalue weighted by Gasteiger charge is -2.44. The molecule has 3 heterocycles. The van der Waals surface area contributed by atoms with Gasteiger partial charge < -0.3 is 4.90 Å². The van der Waals surface area contributed by atoms with E-state index in [-0.39, 0.29) is 17.5 Å². The number of anilines is 6. The summed E-state index contributed by atoms with van der Waals surface area (Å²) in [6.07, 6.45) is 4.78. The van der Waals surface area contributed by atoms with E-state index in [2.05, 4.69) is 149 Å². The summed E-state index contributed by atoms with van der Waals surface area (Å²) >= 11 is 0. The summed E-state index contributed by atoms with van der Waals surface area (Å²) in [6, 6.07) is 34.8. The Balaban J connectivity index is 1.44. The Hall–Kier alpha value is -4.31. The number of hydrogen-bond acceptors (Lipinski definition) is 3. The van der Waals surface area contributed by atoms with Gasteiger partial charge in [-0.25, -0.2) is 4.98 Å². The lowest BCUT2D eigenvalue weighted by atomic mass is 9.33. The highest BCUT2D eigenvalue weighted by Gasteiger charge is 2.45. The van der Waals surface area contributed by atoms with Gasteiger partial charge in [-0.15, -0.1) is 0 Å². The Morgan fingerprint density at radius 1 is 0.609 bits per heavy atom. The molecule has 230 valence electrons. The second-order valence-electron chi connectivity index (χ2n) is 15.6. The van der Waals surface area contributed by atoms with Gasteiger partial charge in [0.1, 0.15) is 5.82 Å². The van der Waals surface area contributed by atoms with Crippen molar-refractivity contribution in [2.24, 2.45) is 0 Å². The fourth-order valence-electron chi connectivity index (χ4n) is 8.00. The molecule has 0 amide bonds. The molecule has 0 radical (unpaired) electrons. The van der Waals surface area contributed by atoms with Crippen LogP contribution in [0.15, 0.2) is 91.0 Å². The monoisotopic (exact) mass is 601 g/mol. The van der Waals surface area contributed by atoms with Gasteiger partial charge in [0.05, 0.1) is 5.69 Å². The Bertz CT molecular complexity index is 1990. The zero-order valence-electron chi connectivity index (χ0n) is 28.4. The summed E-state index contributed by atoms with van der Waals surface area (Å²) in [5.74, 6) is 1.07. The molecule has 3 nitrogen and oxygen atoms in total. The van der Waals surface area contributed by atoms with Gasteiger partial charge in [-0.3, -0.25) is 4.90 Å². The number of aromatic nitrogens is 1. The average Bonchev–Trinajstić information content (AvgIpc) is 3.03. The SMILES string of the molecule is Cc1cc2c3c(n1)N(c1cccc4c1CCCC4)c1ccccc1B3c1cc(C(C)(C)C)ccc1N2c1ccc(C(C)(C)C)cc1. The third kappa shape index (κ3) is 4.52. The summed E-state index contributed by atoms with van der Waals surface area (Å²) in [5, 5.41) is 0. The van der Waals surface area contributed by atoms with E-state index in [1.807, 2.05) is 0 Å². The normalized spacial score (nSPS) is 15.2. The third-order valence-corrected chi connectivity index (χ3v) is 10.4. The molecule has 8 rings (SSSR count). The Morgan fingerprint density at radius 3 is 2.04 bits per heavy atom. The van der Waals surface area contributed by atoms with Crippen LogP contribution < -0.4 is 26.2 Å². The molecule has 1 aliphatic carbocycles. The summed E-state index contributed by atoms with van der Waals surface area (Å²) in [6.45, 7) is 16.1. The lowest BCUT2D eigenvalue weighted by Crippen LogP contribution is -2.62. The molecule has 3 aliphatic rings. The summed E-state index contributed by atoms with van der Waals surface area (Å²) < 4.78 is 0. The molecule has 0 spiro atoms. The molecule has 0 fully saturated rings. The minimum Gasteiger partial charge on any atom is -0.311 e. The lowest BCUT2D eigenvalue weighted by molar-refractivity contribution is 0.590. The maximum absolute atomic E-state index is 5.43. The third-order valence-electron chi connectivity index (χ3n) is 10.4. The molecule has 46 heavy (non-hydrogen) atoms. The van der Waals surface area contributed by atoms with Crippen LogP contribution in [0.2, 0.25) is 0 Å². The molecule has 5 aromatic rings. The number of nitrogens with zero attached hydrogens (tertiary/aromatic N) is 3. The van der Waals surface area contributed by atoms with Crippen molar-refractivity contribution in [3.63, 3.8) is 0 Å². The van der Waals surface area contributed by atoms with Crippen molar-refractivity contribution in [1.29, 1.82) is 0 Å². The van der Waals surface area contributed by atoms with E-state index in [1.165, 1.54) is 79.9 Å². The van der Waals surface area contributed by atoms with E-state index in [9.17, 15) is 0 Å². The minimum atomic E-state index is 0.0339. The molecule has 0 N–H and O–H groups in total. The van der Waals surface area contributed by atoms with E-state index < -0.39 is 0 Å². The fraction of sp³-hybridized carbons (Fsp3) is 0.310. The first-order valence-corrected chi connectivity index (χ1v) is 17.1. The first-order valence-electron chi connectivity index (χ1n) is 17.1. The maximum atomic E-state index is 5.43. The highest BCUT2D eigenvalue weighted by molar-refractivity contribution is 7.00. The predicted molar refractivity (Wildman–Crippen MR) is 197 cm³/mol. The molecule has 0 bridgehead atoms. The number of para-hydroxylation sites is 1. The van der Waals surface area contributed by atoms with Crippen LogP contribution in [0.3, 0.4) is 0 Å². The van der Waals surface area contributed by atoms with Crippen molar-refractivity contribution in [3.8, 4) is 0 Å². The van der Waals surface area contributed by atoms with Crippen molar-refractivity contribution in [2.75, 3.05) is 9.80 Å². The topological polar surface area (TPSA) is 19.4 Å². The molecule has 0 saturated heterocycles. The van der Waals surface area contributed by atoms with Crippen LogP contribution >= 0.6 is 0 Å². The van der Waals surface area contributed by atoms with Crippen LogP contribution in [0.1, 0.15) is 82.3 Å². The van der Waals surface area contributed by atoms with E-state index >= 15 is 0 Å². The van der Waals surface area contributed by atoms with Crippen LogP contribution in [0.25, 0.3) is 0 Å². The molecule has 2 aliphatic heterocycles. The number of rotatable bonds is 2. The van der Waals surface area contributed by atoms with Gasteiger partial charge in [0.15, 0.2) is 0 Å². The molecule has 0 atom stereocenters. The molecule has 0 saturated carbocycles. The predicted octanol–water partition coefficient (Wildman–Crippen LogP) is 8.95. The fourth-order valence-corrected chi connectivity index (χ4v) is 8.00. The highest BCUT2D eigenvalue weighted by Crippen LogP contribution is 2.45. The van der Waals surface area contributed by atoms with Crippen molar-refractivity contribution in [2.45, 2.75) is 85.0 Å². The zero-order valence-corrected chi connectivity index (χ0v) is 28.4. The zero-order chi connectivity index (χ0) is 32.0. The minimum absolute atomic E-state index is 0.0339. The van der Waals surface area contributed by atoms with Gasteiger partial charge in [0.2, 0.25) is 0 Å². The molecule has 4 heteroatoms. The quantitative estimate of drug-likeness (QED) is 0.185. The number of pyridine rings is 1. The molecular weight excluding hydrogens is 557 g/mol. The van der Waals surface area contributed by atoms with Crippen molar-refractivity contribution in [3.05, 3.63) is 119 Å². The smallest absolute Gasteiger partial charge is 0.254 e. The second kappa shape index (κ2) is 10.4. The van der Waals surface area contributed by atoms with Gasteiger partial charge >= 0.3 is 0 Å². The number of hydrogen-bond donors (Lipinski definition) is 0. The summed E-state index contributed by atoms with van der Waals surface area (Å²) in [5.41, 5.74) is 17.1. The van der Waals surface area contributed by atoms with Gasteiger partial charge in [0, 0.05) is 28.4 Å². The average molecular weight is 602 g/mol. The van der Waals surface area contributed by atoms with Crippen LogP contribution in [-0.4, -0.2) is 11.7 Å². The Kier molecular flexibility index (Phi) is 6.55. The van der Waals surface area contributed by atoms with E-state index in [4.69, 9.17) is 4.98 Å². The summed E-state index contributed by atoms with van der Waals surface area (Å²) in [7, 11) is 0. The van der Waals surface area contributed by atoms with Crippen molar-refractivity contribution < 1.29 is 0 Å². The van der Waals surface area contributed by atoms with Crippen molar-refractivity contribution in [1.82, 2.24) is 4.98 Å². The van der Waals surface area contributed by atoms with Crippen LogP contribution in [0, 0.1) is 6.92 Å². The first kappa shape index (κ1) is 29.1. The van der Waals surface area contributed by atoms with E-state index in [1.54, 1.807) is 0 Å². The highest BCUT2D eigenvalue weighted by atomic mass is 15.2. The van der Waals surface area contributed by atoms with Gasteiger partial charge in [0.25, 0.3) is 6.71 Å². The van der Waals surface area contributed by atoms with Gasteiger partial charge in [-0.1, -0.05) is 96.1 Å². The van der Waals surface area contributed by atoms with Crippen LogP contribution in [0.4, 0.5) is 34.3 Å². The van der Waals surface area contributed by atoms with E-state index in [0.717, 1.165) is 24.4 Å².